The zero-order valence-corrected chi connectivity index (χ0v) is 10.4. The van der Waals surface area contributed by atoms with Crippen LogP contribution in [0.3, 0.4) is 0 Å². The third-order valence-electron chi connectivity index (χ3n) is 1.30. The second-order valence-electron chi connectivity index (χ2n) is 3.32. The number of sulfonamides is 1. The zero-order valence-electron chi connectivity index (χ0n) is 8.74. The first-order valence-corrected chi connectivity index (χ1v) is 7.37. The maximum atomic E-state index is 11.0. The number of hydrogen-bond donors (Lipinski definition) is 1. The average Bonchev–Trinajstić information content (AvgIpc) is 1.94. The molecular weight excluding hydrogens is 222 g/mol. The van der Waals surface area contributed by atoms with Crippen molar-refractivity contribution >= 4 is 27.7 Å². The fourth-order valence-corrected chi connectivity index (χ4v) is 2.11. The molecule has 14 heavy (non-hydrogen) atoms. The summed E-state index contributed by atoms with van der Waals surface area (Å²) in [6, 6.07) is 0. The molecule has 0 spiro atoms. The van der Waals surface area contributed by atoms with Gasteiger partial charge in [0.05, 0.1) is 6.26 Å². The van der Waals surface area contributed by atoms with E-state index in [-0.39, 0.29) is 6.42 Å². The molecular formula is C8H17NO3S2. The van der Waals surface area contributed by atoms with Crippen molar-refractivity contribution in [3.63, 3.8) is 0 Å². The predicted molar refractivity (Wildman–Crippen MR) is 59.8 cm³/mol. The van der Waals surface area contributed by atoms with Crippen LogP contribution in [0.4, 0.5) is 0 Å². The fourth-order valence-electron chi connectivity index (χ4n) is 0.810. The topological polar surface area (TPSA) is 63.2 Å². The smallest absolute Gasteiger partial charge is 0.233 e. The van der Waals surface area contributed by atoms with E-state index >= 15 is 0 Å². The lowest BCUT2D eigenvalue weighted by atomic mass is 10.3. The number of rotatable bonds is 6. The number of amides is 1. The van der Waals surface area contributed by atoms with Gasteiger partial charge in [0.15, 0.2) is 0 Å². The fraction of sp³-hybridized carbons (Fsp3) is 0.875. The van der Waals surface area contributed by atoms with Gasteiger partial charge in [0.25, 0.3) is 0 Å². The summed E-state index contributed by atoms with van der Waals surface area (Å²) in [5.41, 5.74) is 0. The molecule has 0 saturated heterocycles. The van der Waals surface area contributed by atoms with Crippen LogP contribution < -0.4 is 4.72 Å². The van der Waals surface area contributed by atoms with E-state index in [2.05, 4.69) is 13.8 Å². The Bertz CT molecular complexity index is 272. The summed E-state index contributed by atoms with van der Waals surface area (Å²) >= 11 is 1.76. The van der Waals surface area contributed by atoms with Crippen molar-refractivity contribution in [3.05, 3.63) is 0 Å². The molecule has 4 nitrogen and oxygen atoms in total. The van der Waals surface area contributed by atoms with Crippen LogP contribution in [-0.2, 0) is 14.8 Å². The van der Waals surface area contributed by atoms with Crippen molar-refractivity contribution in [1.82, 2.24) is 4.72 Å². The van der Waals surface area contributed by atoms with Gasteiger partial charge < -0.3 is 0 Å². The highest BCUT2D eigenvalue weighted by Gasteiger charge is 2.07. The van der Waals surface area contributed by atoms with E-state index in [1.165, 1.54) is 0 Å². The van der Waals surface area contributed by atoms with Gasteiger partial charge in [-0.05, 0) is 17.4 Å². The Morgan fingerprint density at radius 1 is 1.43 bits per heavy atom. The number of nitrogens with one attached hydrogen (secondary N) is 1. The molecule has 0 aromatic heterocycles. The molecule has 1 amide bonds. The predicted octanol–water partition coefficient (Wildman–Crippen LogP) is 0.984. The monoisotopic (exact) mass is 239 g/mol. The van der Waals surface area contributed by atoms with Crippen molar-refractivity contribution in [3.8, 4) is 0 Å². The maximum Gasteiger partial charge on any atom is 0.233 e. The Kier molecular flexibility index (Phi) is 6.19. The SMILES string of the molecule is CC(C)SCCCC(=O)NS(C)(=O)=O. The van der Waals surface area contributed by atoms with E-state index in [4.69, 9.17) is 0 Å². The van der Waals surface area contributed by atoms with Gasteiger partial charge in [-0.2, -0.15) is 11.8 Å². The Labute approximate surface area is 89.9 Å². The van der Waals surface area contributed by atoms with Crippen molar-refractivity contribution in [1.29, 1.82) is 0 Å². The van der Waals surface area contributed by atoms with Crippen molar-refractivity contribution < 1.29 is 13.2 Å². The van der Waals surface area contributed by atoms with Crippen molar-refractivity contribution in [2.45, 2.75) is 31.9 Å². The Morgan fingerprint density at radius 3 is 2.43 bits per heavy atom. The second-order valence-corrected chi connectivity index (χ2v) is 6.75. The van der Waals surface area contributed by atoms with Crippen LogP contribution in [0, 0.1) is 0 Å². The molecule has 6 heteroatoms. The van der Waals surface area contributed by atoms with E-state index in [0.717, 1.165) is 12.0 Å². The number of carbonyl (C=O) groups excluding carboxylic acids is 1. The molecule has 0 aliphatic carbocycles. The van der Waals surface area contributed by atoms with Crippen LogP contribution >= 0.6 is 11.8 Å². The zero-order chi connectivity index (χ0) is 11.2. The van der Waals surface area contributed by atoms with Gasteiger partial charge in [-0.3, -0.25) is 9.52 Å². The summed E-state index contributed by atoms with van der Waals surface area (Å²) in [4.78, 5) is 11.0. The molecule has 0 rings (SSSR count). The van der Waals surface area contributed by atoms with Gasteiger partial charge in [0.2, 0.25) is 15.9 Å². The molecule has 0 aliphatic rings. The molecule has 84 valence electrons. The lowest BCUT2D eigenvalue weighted by Crippen LogP contribution is -2.29. The quantitative estimate of drug-likeness (QED) is 0.702. The van der Waals surface area contributed by atoms with E-state index in [1.807, 2.05) is 4.72 Å². The van der Waals surface area contributed by atoms with E-state index in [1.54, 1.807) is 11.8 Å². The summed E-state index contributed by atoms with van der Waals surface area (Å²) in [6.45, 7) is 4.17. The molecule has 0 unspecified atom stereocenters. The normalized spacial score (nSPS) is 11.7. The van der Waals surface area contributed by atoms with Crippen LogP contribution in [0.1, 0.15) is 26.7 Å². The van der Waals surface area contributed by atoms with Gasteiger partial charge in [-0.25, -0.2) is 8.42 Å². The van der Waals surface area contributed by atoms with Gasteiger partial charge in [0, 0.05) is 6.42 Å². The molecule has 1 N–H and O–H groups in total. The first-order chi connectivity index (χ1) is 6.31. The molecule has 0 aromatic carbocycles. The van der Waals surface area contributed by atoms with Gasteiger partial charge in [-0.15, -0.1) is 0 Å². The lowest BCUT2D eigenvalue weighted by Gasteiger charge is -2.04. The second kappa shape index (κ2) is 6.29. The summed E-state index contributed by atoms with van der Waals surface area (Å²) < 4.78 is 23.2. The Balaban J connectivity index is 3.56. The van der Waals surface area contributed by atoms with Crippen LogP contribution in [0.2, 0.25) is 0 Å². The Hall–Kier alpha value is -0.230. The standard InChI is InChI=1S/C8H17NO3S2/c1-7(2)13-6-4-5-8(10)9-14(3,11)12/h7H,4-6H2,1-3H3,(H,9,10). The minimum absolute atomic E-state index is 0.271. The molecule has 0 aromatic rings. The number of hydrogen-bond acceptors (Lipinski definition) is 4. The summed E-state index contributed by atoms with van der Waals surface area (Å²) in [5.74, 6) is 0.464. The average molecular weight is 239 g/mol. The summed E-state index contributed by atoms with van der Waals surface area (Å²) in [5, 5.41) is 0.549. The molecule has 0 saturated carbocycles. The highest BCUT2D eigenvalue weighted by Crippen LogP contribution is 2.11. The summed E-state index contributed by atoms with van der Waals surface area (Å²) in [7, 11) is -3.38. The molecule has 0 bridgehead atoms. The summed E-state index contributed by atoms with van der Waals surface area (Å²) in [6.07, 6.45) is 1.96. The van der Waals surface area contributed by atoms with Gasteiger partial charge >= 0.3 is 0 Å². The number of carbonyl (C=O) groups is 1. The number of thioether (sulfide) groups is 1. The van der Waals surface area contributed by atoms with Crippen molar-refractivity contribution in [2.75, 3.05) is 12.0 Å². The van der Waals surface area contributed by atoms with E-state index < -0.39 is 15.9 Å². The molecule has 0 fully saturated rings. The lowest BCUT2D eigenvalue weighted by molar-refractivity contribution is -0.119. The highest BCUT2D eigenvalue weighted by molar-refractivity contribution is 7.99. The Morgan fingerprint density at radius 2 is 2.00 bits per heavy atom. The minimum Gasteiger partial charge on any atom is -0.274 e. The largest absolute Gasteiger partial charge is 0.274 e. The minimum atomic E-state index is -3.38. The van der Waals surface area contributed by atoms with Gasteiger partial charge in [0.1, 0.15) is 0 Å². The van der Waals surface area contributed by atoms with Crippen LogP contribution in [0.25, 0.3) is 0 Å². The first kappa shape index (κ1) is 13.8. The third-order valence-corrected chi connectivity index (χ3v) is 3.09. The van der Waals surface area contributed by atoms with Gasteiger partial charge in [-0.1, -0.05) is 13.8 Å². The maximum absolute atomic E-state index is 11.0. The van der Waals surface area contributed by atoms with E-state index in [0.29, 0.717) is 11.7 Å². The van der Waals surface area contributed by atoms with Crippen LogP contribution in [0.5, 0.6) is 0 Å². The van der Waals surface area contributed by atoms with Crippen LogP contribution in [0.15, 0.2) is 0 Å². The van der Waals surface area contributed by atoms with Crippen LogP contribution in [-0.4, -0.2) is 31.6 Å². The van der Waals surface area contributed by atoms with Crippen molar-refractivity contribution in [2.24, 2.45) is 0 Å². The molecule has 0 heterocycles. The highest BCUT2D eigenvalue weighted by atomic mass is 32.2. The third kappa shape index (κ3) is 9.85. The van der Waals surface area contributed by atoms with E-state index in [9.17, 15) is 13.2 Å². The first-order valence-electron chi connectivity index (χ1n) is 4.43. The molecule has 0 radical (unpaired) electrons. The molecule has 0 aliphatic heterocycles. The molecule has 0 atom stereocenters.